The van der Waals surface area contributed by atoms with E-state index in [1.54, 1.807) is 0 Å². The fraction of sp³-hybridized carbons (Fsp3) is 0.500. The normalized spacial score (nSPS) is 29.6. The zero-order chi connectivity index (χ0) is 17.8. The maximum absolute atomic E-state index is 11.6. The minimum Gasteiger partial charge on any atom is -0.462 e. The molecule has 3 rings (SSSR count). The van der Waals surface area contributed by atoms with Crippen LogP contribution in [-0.2, 0) is 20.6 Å². The van der Waals surface area contributed by atoms with Gasteiger partial charge in [0.05, 0.1) is 18.6 Å². The van der Waals surface area contributed by atoms with Crippen molar-refractivity contribution >= 4 is 30.6 Å². The molecular weight excluding hydrogens is 353 g/mol. The number of benzene rings is 1. The molecule has 1 saturated carbocycles. The van der Waals surface area contributed by atoms with E-state index >= 15 is 0 Å². The molecule has 1 N–H and O–H groups in total. The first-order valence-electron chi connectivity index (χ1n) is 8.79. The summed E-state index contributed by atoms with van der Waals surface area (Å²) in [6.45, 7) is 0. The SMILES string of the molecule is O=C1C[C@H]2C(C[C@@H](OB(P)P)[C@@H]2/C=C/C(O)CCc2ccccc2)O1. The second-order valence-corrected chi connectivity index (χ2v) is 8.91. The quantitative estimate of drug-likeness (QED) is 0.343. The first kappa shape index (κ1) is 19.0. The molecule has 7 heteroatoms. The molecule has 1 aromatic rings. The predicted octanol–water partition coefficient (Wildman–Crippen LogP) is 2.61. The van der Waals surface area contributed by atoms with Crippen LogP contribution in [0.3, 0.4) is 0 Å². The molecule has 2 aliphatic rings. The molecule has 4 unspecified atom stereocenters. The Balaban J connectivity index is 1.59. The molecule has 2 fully saturated rings. The maximum Gasteiger partial charge on any atom is 0.336 e. The van der Waals surface area contributed by atoms with Crippen molar-refractivity contribution in [3.63, 3.8) is 0 Å². The van der Waals surface area contributed by atoms with Gasteiger partial charge in [0.15, 0.2) is 0 Å². The summed E-state index contributed by atoms with van der Waals surface area (Å²) in [6.07, 6.45) is 6.01. The van der Waals surface area contributed by atoms with Gasteiger partial charge in [0.1, 0.15) is 6.10 Å². The van der Waals surface area contributed by atoms with Gasteiger partial charge >= 0.3 is 12.3 Å². The topological polar surface area (TPSA) is 55.8 Å². The van der Waals surface area contributed by atoms with Crippen LogP contribution < -0.4 is 0 Å². The highest BCUT2D eigenvalue weighted by Crippen LogP contribution is 2.44. The zero-order valence-electron chi connectivity index (χ0n) is 14.2. The van der Waals surface area contributed by atoms with Crippen LogP contribution in [0.15, 0.2) is 42.5 Å². The van der Waals surface area contributed by atoms with Gasteiger partial charge in [-0.3, -0.25) is 4.79 Å². The van der Waals surface area contributed by atoms with Crippen molar-refractivity contribution in [1.29, 1.82) is 0 Å². The Morgan fingerprint density at radius 1 is 1.36 bits per heavy atom. The number of rotatable bonds is 7. The Hall–Kier alpha value is -0.725. The summed E-state index contributed by atoms with van der Waals surface area (Å²) >= 11 is 0. The van der Waals surface area contributed by atoms with Crippen LogP contribution in [0.2, 0.25) is 0 Å². The number of fused-ring (bicyclic) bond motifs is 1. The van der Waals surface area contributed by atoms with Crippen LogP contribution in [0.4, 0.5) is 0 Å². The molecule has 134 valence electrons. The Labute approximate surface area is 154 Å². The second kappa shape index (κ2) is 8.78. The summed E-state index contributed by atoms with van der Waals surface area (Å²) in [5.74, 6) is 0.139. The van der Waals surface area contributed by atoms with Gasteiger partial charge in [-0.05, 0) is 18.4 Å². The third-order valence-corrected chi connectivity index (χ3v) is 5.32. The van der Waals surface area contributed by atoms with E-state index in [2.05, 4.69) is 30.4 Å². The molecule has 1 heterocycles. The van der Waals surface area contributed by atoms with Crippen molar-refractivity contribution in [1.82, 2.24) is 0 Å². The third kappa shape index (κ3) is 5.14. The van der Waals surface area contributed by atoms with Gasteiger partial charge in [-0.15, -0.1) is 18.2 Å². The Bertz CT molecular complexity index is 610. The predicted molar refractivity (Wildman–Crippen MR) is 106 cm³/mol. The zero-order valence-corrected chi connectivity index (χ0v) is 16.5. The minimum atomic E-state index is -0.499. The lowest BCUT2D eigenvalue weighted by Gasteiger charge is -2.22. The first-order valence-corrected chi connectivity index (χ1v) is 10.1. The van der Waals surface area contributed by atoms with Crippen LogP contribution in [0.25, 0.3) is 0 Å². The average Bonchev–Trinajstić information content (AvgIpc) is 3.07. The monoisotopic (exact) mass is 378 g/mol. The molecule has 0 amide bonds. The number of hydrogen-bond acceptors (Lipinski definition) is 4. The number of aliphatic hydroxyl groups excluding tert-OH is 1. The van der Waals surface area contributed by atoms with Gasteiger partial charge in [0.25, 0.3) is 0 Å². The number of aliphatic hydroxyl groups is 1. The molecule has 0 spiro atoms. The fourth-order valence-corrected chi connectivity index (χ4v) is 4.23. The molecule has 1 saturated heterocycles. The van der Waals surface area contributed by atoms with Gasteiger partial charge in [0.2, 0.25) is 0 Å². The van der Waals surface area contributed by atoms with E-state index in [0.717, 1.165) is 12.8 Å². The number of hydrogen-bond donors (Lipinski definition) is 1. The van der Waals surface area contributed by atoms with Crippen LogP contribution >= 0.6 is 18.2 Å². The van der Waals surface area contributed by atoms with E-state index in [4.69, 9.17) is 9.39 Å². The summed E-state index contributed by atoms with van der Waals surface area (Å²) < 4.78 is 11.4. The van der Waals surface area contributed by atoms with Crippen LogP contribution in [-0.4, -0.2) is 35.7 Å². The molecule has 4 nitrogen and oxygen atoms in total. The van der Waals surface area contributed by atoms with Gasteiger partial charge < -0.3 is 14.5 Å². The number of aryl methyl sites for hydroxylation is 1. The number of esters is 1. The van der Waals surface area contributed by atoms with Crippen LogP contribution in [0.5, 0.6) is 0 Å². The molecule has 25 heavy (non-hydrogen) atoms. The molecule has 0 bridgehead atoms. The lowest BCUT2D eigenvalue weighted by Crippen LogP contribution is -2.24. The second-order valence-electron chi connectivity index (χ2n) is 6.83. The summed E-state index contributed by atoms with van der Waals surface area (Å²) in [7, 11) is 5.22. The Kier molecular flexibility index (Phi) is 6.69. The lowest BCUT2D eigenvalue weighted by molar-refractivity contribution is -0.141. The van der Waals surface area contributed by atoms with Crippen LogP contribution in [0, 0.1) is 11.8 Å². The highest BCUT2D eigenvalue weighted by Gasteiger charge is 2.49. The molecule has 1 aromatic carbocycles. The largest absolute Gasteiger partial charge is 0.462 e. The summed E-state index contributed by atoms with van der Waals surface area (Å²) in [6, 6.07) is 10.2. The number of carbonyl (C=O) groups excluding carboxylic acids is 1. The molecular formula is C18H25BO4P2. The van der Waals surface area contributed by atoms with Crippen molar-refractivity contribution in [2.75, 3.05) is 0 Å². The fourth-order valence-electron chi connectivity index (χ4n) is 3.82. The first-order chi connectivity index (χ1) is 12.0. The Morgan fingerprint density at radius 2 is 2.12 bits per heavy atom. The lowest BCUT2D eigenvalue weighted by atomic mass is 9.91. The average molecular weight is 378 g/mol. The summed E-state index contributed by atoms with van der Waals surface area (Å²) in [5.41, 5.74) is 1.22. The minimum absolute atomic E-state index is 0.0145. The smallest absolute Gasteiger partial charge is 0.336 e. The third-order valence-electron chi connectivity index (χ3n) is 5.01. The highest BCUT2D eigenvalue weighted by atomic mass is 31.1. The summed E-state index contributed by atoms with van der Waals surface area (Å²) in [5, 5.41) is 10.3. The molecule has 1 aliphatic heterocycles. The van der Waals surface area contributed by atoms with Crippen molar-refractivity contribution in [3.8, 4) is 0 Å². The highest BCUT2D eigenvalue weighted by molar-refractivity contribution is 7.92. The van der Waals surface area contributed by atoms with E-state index in [1.807, 2.05) is 30.4 Å². The standard InChI is InChI=1S/C18H25BO4P2/c20-13(7-6-12-4-2-1-3-5-12)8-9-14-15-10-18(21)22-16(15)11-17(14)23-19(24)25/h1-5,8-9,13-17,20H,6-7,10-11,24-25H2/b9-8+/t13?,14-,15-,16?,17-/m1/s1. The van der Waals surface area contributed by atoms with E-state index in [9.17, 15) is 9.90 Å². The molecule has 0 radical (unpaired) electrons. The van der Waals surface area contributed by atoms with Gasteiger partial charge in [0, 0.05) is 18.3 Å². The van der Waals surface area contributed by atoms with Crippen LogP contribution in [0.1, 0.15) is 24.8 Å². The number of carbonyl (C=O) groups is 1. The van der Waals surface area contributed by atoms with Crippen molar-refractivity contribution in [3.05, 3.63) is 48.0 Å². The molecule has 7 atom stereocenters. The van der Waals surface area contributed by atoms with E-state index in [0.29, 0.717) is 12.8 Å². The summed E-state index contributed by atoms with van der Waals surface area (Å²) in [4.78, 5) is 11.6. The van der Waals surface area contributed by atoms with Gasteiger partial charge in [-0.1, -0.05) is 42.5 Å². The molecule has 0 aromatic heterocycles. The van der Waals surface area contributed by atoms with E-state index in [1.165, 1.54) is 5.56 Å². The van der Waals surface area contributed by atoms with Gasteiger partial charge in [-0.25, -0.2) is 0 Å². The van der Waals surface area contributed by atoms with Crippen molar-refractivity contribution < 1.29 is 19.3 Å². The number of ether oxygens (including phenoxy) is 1. The maximum atomic E-state index is 11.6. The van der Waals surface area contributed by atoms with E-state index in [-0.39, 0.29) is 36.4 Å². The van der Waals surface area contributed by atoms with Crippen molar-refractivity contribution in [2.24, 2.45) is 11.8 Å². The van der Waals surface area contributed by atoms with Gasteiger partial charge in [-0.2, -0.15) is 0 Å². The van der Waals surface area contributed by atoms with E-state index < -0.39 is 6.10 Å². The van der Waals surface area contributed by atoms with Crippen molar-refractivity contribution in [2.45, 2.75) is 44.0 Å². The Morgan fingerprint density at radius 3 is 2.84 bits per heavy atom. The molecule has 1 aliphatic carbocycles.